The van der Waals surface area contributed by atoms with Crippen LogP contribution in [0.3, 0.4) is 0 Å². The van der Waals surface area contributed by atoms with Gasteiger partial charge in [-0.15, -0.1) is 0 Å². The van der Waals surface area contributed by atoms with E-state index in [-0.39, 0.29) is 24.3 Å². The lowest BCUT2D eigenvalue weighted by molar-refractivity contribution is 0.0653. The molecule has 116 valence electrons. The van der Waals surface area contributed by atoms with Crippen molar-refractivity contribution in [2.24, 2.45) is 0 Å². The molecule has 3 amide bonds. The first-order valence-corrected chi connectivity index (χ1v) is 7.32. The molecular weight excluding hydrogens is 294 g/mol. The fraction of sp³-hybridized carbons (Fsp3) is 0.176. The van der Waals surface area contributed by atoms with Crippen LogP contribution in [0.15, 0.2) is 48.8 Å². The van der Waals surface area contributed by atoms with Gasteiger partial charge in [-0.1, -0.05) is 12.1 Å². The van der Waals surface area contributed by atoms with Gasteiger partial charge in [-0.25, -0.2) is 0 Å². The van der Waals surface area contributed by atoms with Gasteiger partial charge in [0.15, 0.2) is 0 Å². The third-order valence-electron chi connectivity index (χ3n) is 3.66. The van der Waals surface area contributed by atoms with Crippen LogP contribution in [0.5, 0.6) is 0 Å². The van der Waals surface area contributed by atoms with Crippen LogP contribution in [0.1, 0.15) is 37.5 Å². The molecule has 1 N–H and O–H groups in total. The molecule has 0 atom stereocenters. The lowest BCUT2D eigenvalue weighted by Gasteiger charge is -2.13. The maximum absolute atomic E-state index is 12.2. The van der Waals surface area contributed by atoms with E-state index in [0.29, 0.717) is 29.7 Å². The molecule has 0 saturated heterocycles. The lowest BCUT2D eigenvalue weighted by Crippen LogP contribution is -2.33. The molecule has 2 aromatic rings. The van der Waals surface area contributed by atoms with Crippen molar-refractivity contribution in [3.05, 3.63) is 65.5 Å². The Morgan fingerprint density at radius 2 is 1.61 bits per heavy atom. The third kappa shape index (κ3) is 2.96. The Morgan fingerprint density at radius 3 is 2.22 bits per heavy atom. The standard InChI is InChI=1S/C17H15N3O3/c21-15(12-6-9-18-10-7-12)19-8-3-11-20-16(22)13-4-1-2-5-14(13)17(20)23/h1-2,4-7,9-10H,3,8,11H2,(H,19,21). The second-order valence-electron chi connectivity index (χ2n) is 5.15. The molecular formula is C17H15N3O3. The number of amides is 3. The van der Waals surface area contributed by atoms with E-state index < -0.39 is 0 Å². The first-order chi connectivity index (χ1) is 11.2. The minimum absolute atomic E-state index is 0.199. The van der Waals surface area contributed by atoms with Crippen LogP contribution in [-0.2, 0) is 0 Å². The average molecular weight is 309 g/mol. The number of rotatable bonds is 5. The highest BCUT2D eigenvalue weighted by atomic mass is 16.2. The highest BCUT2D eigenvalue weighted by molar-refractivity contribution is 6.21. The summed E-state index contributed by atoms with van der Waals surface area (Å²) in [6.45, 7) is 0.664. The van der Waals surface area contributed by atoms with Crippen LogP contribution in [0.2, 0.25) is 0 Å². The van der Waals surface area contributed by atoms with Gasteiger partial charge in [-0.2, -0.15) is 0 Å². The topological polar surface area (TPSA) is 79.4 Å². The monoisotopic (exact) mass is 309 g/mol. The second kappa shape index (κ2) is 6.39. The molecule has 6 nitrogen and oxygen atoms in total. The van der Waals surface area contributed by atoms with Gasteiger partial charge in [-0.05, 0) is 30.7 Å². The Labute approximate surface area is 133 Å². The number of imide groups is 1. The molecule has 0 spiro atoms. The number of benzene rings is 1. The summed E-state index contributed by atoms with van der Waals surface area (Å²) in [4.78, 5) is 41.3. The van der Waals surface area contributed by atoms with E-state index in [0.717, 1.165) is 0 Å². The smallest absolute Gasteiger partial charge is 0.261 e. The van der Waals surface area contributed by atoms with E-state index in [1.165, 1.54) is 4.90 Å². The van der Waals surface area contributed by atoms with Crippen LogP contribution in [0.4, 0.5) is 0 Å². The molecule has 0 radical (unpaired) electrons. The third-order valence-corrected chi connectivity index (χ3v) is 3.66. The molecule has 0 fully saturated rings. The Kier molecular flexibility index (Phi) is 4.14. The van der Waals surface area contributed by atoms with Gasteiger partial charge in [0, 0.05) is 31.0 Å². The van der Waals surface area contributed by atoms with E-state index in [9.17, 15) is 14.4 Å². The van der Waals surface area contributed by atoms with Gasteiger partial charge in [-0.3, -0.25) is 24.3 Å². The quantitative estimate of drug-likeness (QED) is 0.670. The minimum atomic E-state index is -0.272. The average Bonchev–Trinajstić information content (AvgIpc) is 2.84. The van der Waals surface area contributed by atoms with Gasteiger partial charge >= 0.3 is 0 Å². The van der Waals surface area contributed by atoms with Crippen molar-refractivity contribution in [2.75, 3.05) is 13.1 Å². The zero-order valence-corrected chi connectivity index (χ0v) is 12.4. The molecule has 23 heavy (non-hydrogen) atoms. The van der Waals surface area contributed by atoms with Crippen molar-refractivity contribution in [3.63, 3.8) is 0 Å². The molecule has 0 aliphatic carbocycles. The summed E-state index contributed by atoms with van der Waals surface area (Å²) in [6, 6.07) is 10.0. The SMILES string of the molecule is O=C(NCCCN1C(=O)c2ccccc2C1=O)c1ccncc1. The number of hydrogen-bond donors (Lipinski definition) is 1. The molecule has 3 rings (SSSR count). The van der Waals surface area contributed by atoms with Gasteiger partial charge in [0.25, 0.3) is 17.7 Å². The molecule has 0 unspecified atom stereocenters. The van der Waals surface area contributed by atoms with Crippen molar-refractivity contribution in [3.8, 4) is 0 Å². The fourth-order valence-corrected chi connectivity index (χ4v) is 2.49. The number of nitrogens with zero attached hydrogens (tertiary/aromatic N) is 2. The van der Waals surface area contributed by atoms with Crippen LogP contribution >= 0.6 is 0 Å². The summed E-state index contributed by atoms with van der Waals surface area (Å²) in [6.07, 6.45) is 3.60. The Hall–Kier alpha value is -3.02. The summed E-state index contributed by atoms with van der Waals surface area (Å²) in [5.41, 5.74) is 1.41. The van der Waals surface area contributed by atoms with Gasteiger partial charge in [0.1, 0.15) is 0 Å². The Bertz CT molecular complexity index is 724. The molecule has 0 saturated carbocycles. The summed E-state index contributed by atoms with van der Waals surface area (Å²) in [5, 5.41) is 2.76. The van der Waals surface area contributed by atoms with Crippen LogP contribution in [0.25, 0.3) is 0 Å². The highest BCUT2D eigenvalue weighted by Crippen LogP contribution is 2.22. The molecule has 1 aliphatic rings. The van der Waals surface area contributed by atoms with E-state index in [1.807, 2.05) is 0 Å². The second-order valence-corrected chi connectivity index (χ2v) is 5.15. The van der Waals surface area contributed by atoms with E-state index in [4.69, 9.17) is 0 Å². The zero-order chi connectivity index (χ0) is 16.2. The van der Waals surface area contributed by atoms with Crippen LogP contribution in [-0.4, -0.2) is 40.7 Å². The van der Waals surface area contributed by atoms with Crippen molar-refractivity contribution >= 4 is 17.7 Å². The summed E-state index contributed by atoms with van der Waals surface area (Å²) in [7, 11) is 0. The number of nitrogens with one attached hydrogen (secondary N) is 1. The summed E-state index contributed by atoms with van der Waals surface area (Å²) < 4.78 is 0. The number of pyridine rings is 1. The maximum Gasteiger partial charge on any atom is 0.261 e. The van der Waals surface area contributed by atoms with Gasteiger partial charge in [0.2, 0.25) is 0 Å². The predicted molar refractivity (Wildman–Crippen MR) is 83.0 cm³/mol. The van der Waals surface area contributed by atoms with Crippen molar-refractivity contribution in [1.29, 1.82) is 0 Å². The summed E-state index contributed by atoms with van der Waals surface area (Å²) >= 11 is 0. The highest BCUT2D eigenvalue weighted by Gasteiger charge is 2.34. The van der Waals surface area contributed by atoms with Gasteiger partial charge < -0.3 is 5.32 Å². The first-order valence-electron chi connectivity index (χ1n) is 7.32. The lowest BCUT2D eigenvalue weighted by atomic mass is 10.1. The van der Waals surface area contributed by atoms with Crippen LogP contribution < -0.4 is 5.32 Å². The molecule has 1 aromatic carbocycles. The minimum Gasteiger partial charge on any atom is -0.352 e. The van der Waals surface area contributed by atoms with E-state index >= 15 is 0 Å². The van der Waals surface area contributed by atoms with E-state index in [2.05, 4.69) is 10.3 Å². The number of hydrogen-bond acceptors (Lipinski definition) is 4. The molecule has 0 bridgehead atoms. The van der Waals surface area contributed by atoms with E-state index in [1.54, 1.807) is 48.8 Å². The Morgan fingerprint density at radius 1 is 1.00 bits per heavy atom. The van der Waals surface area contributed by atoms with Crippen molar-refractivity contribution in [2.45, 2.75) is 6.42 Å². The first kappa shape index (κ1) is 14.9. The number of aromatic nitrogens is 1. The number of fused-ring (bicyclic) bond motifs is 1. The van der Waals surface area contributed by atoms with Crippen molar-refractivity contribution < 1.29 is 14.4 Å². The normalized spacial score (nSPS) is 13.1. The van der Waals surface area contributed by atoms with Crippen LogP contribution in [0, 0.1) is 0 Å². The van der Waals surface area contributed by atoms with Crippen molar-refractivity contribution in [1.82, 2.24) is 15.2 Å². The largest absolute Gasteiger partial charge is 0.352 e. The zero-order valence-electron chi connectivity index (χ0n) is 12.4. The van der Waals surface area contributed by atoms with Gasteiger partial charge in [0.05, 0.1) is 11.1 Å². The molecule has 1 aromatic heterocycles. The fourth-order valence-electron chi connectivity index (χ4n) is 2.49. The maximum atomic E-state index is 12.2. The summed E-state index contributed by atoms with van der Waals surface area (Å²) in [5.74, 6) is -0.744. The number of carbonyl (C=O) groups is 3. The number of carbonyl (C=O) groups excluding carboxylic acids is 3. The molecule has 2 heterocycles. The molecule has 1 aliphatic heterocycles. The Balaban J connectivity index is 1.52. The molecule has 6 heteroatoms. The predicted octanol–water partition coefficient (Wildman–Crippen LogP) is 1.50.